The molecule has 2 aromatic heterocycles. The maximum Gasteiger partial charge on any atom is 0.154 e. The number of aromatic nitrogens is 3. The molecular weight excluding hydrogens is 178 g/mol. The standard InChI is InChI=1S/C10H13N3O/c1-8(14)2-3-9-6-11-10-4-5-12-13(10)7-9/h4-8,14H,2-3H2,1H3/t8-/m1/s1. The van der Waals surface area contributed by atoms with Gasteiger partial charge in [0.25, 0.3) is 0 Å². The summed E-state index contributed by atoms with van der Waals surface area (Å²) in [5, 5.41) is 13.2. The van der Waals surface area contributed by atoms with Crippen molar-refractivity contribution < 1.29 is 5.11 Å². The van der Waals surface area contributed by atoms with E-state index in [0.29, 0.717) is 0 Å². The molecule has 4 nitrogen and oxygen atoms in total. The van der Waals surface area contributed by atoms with Gasteiger partial charge in [0, 0.05) is 18.5 Å². The van der Waals surface area contributed by atoms with E-state index in [1.54, 1.807) is 17.6 Å². The average Bonchev–Trinajstić information content (AvgIpc) is 2.61. The van der Waals surface area contributed by atoms with Crippen LogP contribution in [0.4, 0.5) is 0 Å². The maximum absolute atomic E-state index is 9.14. The summed E-state index contributed by atoms with van der Waals surface area (Å²) < 4.78 is 1.75. The molecule has 1 N–H and O–H groups in total. The zero-order valence-electron chi connectivity index (χ0n) is 8.09. The van der Waals surface area contributed by atoms with Gasteiger partial charge in [-0.2, -0.15) is 5.10 Å². The molecule has 2 aromatic rings. The van der Waals surface area contributed by atoms with E-state index in [1.807, 2.05) is 18.5 Å². The van der Waals surface area contributed by atoms with Gasteiger partial charge in [-0.1, -0.05) is 0 Å². The highest BCUT2D eigenvalue weighted by molar-refractivity contribution is 5.35. The van der Waals surface area contributed by atoms with E-state index in [-0.39, 0.29) is 6.10 Å². The molecule has 0 aromatic carbocycles. The summed E-state index contributed by atoms with van der Waals surface area (Å²) in [5.41, 5.74) is 1.95. The minimum Gasteiger partial charge on any atom is -0.393 e. The van der Waals surface area contributed by atoms with Crippen molar-refractivity contribution in [3.63, 3.8) is 0 Å². The molecule has 2 rings (SSSR count). The molecule has 0 aliphatic heterocycles. The molecule has 0 aliphatic rings. The van der Waals surface area contributed by atoms with Crippen LogP contribution in [-0.2, 0) is 6.42 Å². The number of rotatable bonds is 3. The molecule has 0 fully saturated rings. The first-order chi connectivity index (χ1) is 6.75. The number of nitrogens with zero attached hydrogens (tertiary/aromatic N) is 3. The van der Waals surface area contributed by atoms with Gasteiger partial charge in [-0.05, 0) is 25.3 Å². The van der Waals surface area contributed by atoms with Gasteiger partial charge in [0.05, 0.1) is 12.3 Å². The molecule has 14 heavy (non-hydrogen) atoms. The lowest BCUT2D eigenvalue weighted by atomic mass is 10.1. The van der Waals surface area contributed by atoms with Crippen LogP contribution in [0.25, 0.3) is 5.65 Å². The molecule has 0 bridgehead atoms. The van der Waals surface area contributed by atoms with Crippen molar-refractivity contribution >= 4 is 5.65 Å². The second-order valence-corrected chi connectivity index (χ2v) is 3.48. The summed E-state index contributed by atoms with van der Waals surface area (Å²) >= 11 is 0. The van der Waals surface area contributed by atoms with Crippen molar-refractivity contribution in [1.29, 1.82) is 0 Å². The van der Waals surface area contributed by atoms with E-state index in [9.17, 15) is 0 Å². The third-order valence-corrected chi connectivity index (χ3v) is 2.15. The fraction of sp³-hybridized carbons (Fsp3) is 0.400. The first-order valence-corrected chi connectivity index (χ1v) is 4.72. The van der Waals surface area contributed by atoms with Gasteiger partial charge in [0.15, 0.2) is 5.65 Å². The van der Waals surface area contributed by atoms with E-state index in [1.165, 1.54) is 0 Å². The van der Waals surface area contributed by atoms with Gasteiger partial charge in [-0.3, -0.25) is 0 Å². The molecule has 0 spiro atoms. The van der Waals surface area contributed by atoms with E-state index in [2.05, 4.69) is 10.1 Å². The molecule has 0 unspecified atom stereocenters. The van der Waals surface area contributed by atoms with Gasteiger partial charge >= 0.3 is 0 Å². The summed E-state index contributed by atoms with van der Waals surface area (Å²) in [6.07, 6.45) is 6.84. The van der Waals surface area contributed by atoms with Crippen LogP contribution in [0.5, 0.6) is 0 Å². The van der Waals surface area contributed by atoms with Crippen LogP contribution >= 0.6 is 0 Å². The zero-order valence-corrected chi connectivity index (χ0v) is 8.09. The highest BCUT2D eigenvalue weighted by atomic mass is 16.3. The fourth-order valence-corrected chi connectivity index (χ4v) is 1.35. The molecule has 0 saturated carbocycles. The van der Waals surface area contributed by atoms with E-state index >= 15 is 0 Å². The van der Waals surface area contributed by atoms with E-state index in [4.69, 9.17) is 5.11 Å². The van der Waals surface area contributed by atoms with Crippen molar-refractivity contribution in [2.24, 2.45) is 0 Å². The first-order valence-electron chi connectivity index (χ1n) is 4.72. The second kappa shape index (κ2) is 3.75. The molecule has 0 saturated heterocycles. The normalized spacial score (nSPS) is 13.3. The van der Waals surface area contributed by atoms with Gasteiger partial charge < -0.3 is 5.11 Å². The summed E-state index contributed by atoms with van der Waals surface area (Å²) in [4.78, 5) is 4.24. The van der Waals surface area contributed by atoms with Crippen molar-refractivity contribution in [1.82, 2.24) is 14.6 Å². The third kappa shape index (κ3) is 1.90. The Hall–Kier alpha value is -1.42. The van der Waals surface area contributed by atoms with Crippen molar-refractivity contribution in [2.75, 3.05) is 0 Å². The van der Waals surface area contributed by atoms with E-state index < -0.39 is 0 Å². The summed E-state index contributed by atoms with van der Waals surface area (Å²) in [5.74, 6) is 0. The molecule has 1 atom stereocenters. The number of hydrogen-bond donors (Lipinski definition) is 1. The van der Waals surface area contributed by atoms with Crippen LogP contribution in [0.3, 0.4) is 0 Å². The summed E-state index contributed by atoms with van der Waals surface area (Å²) in [6.45, 7) is 1.79. The molecule has 0 aliphatic carbocycles. The SMILES string of the molecule is C[C@@H](O)CCc1cnc2ccnn2c1. The Bertz CT molecular complexity index is 422. The molecule has 0 radical (unpaired) electrons. The number of fused-ring (bicyclic) bond motifs is 1. The number of hydrogen-bond acceptors (Lipinski definition) is 3. The lowest BCUT2D eigenvalue weighted by Gasteiger charge is -2.03. The minimum absolute atomic E-state index is 0.261. The van der Waals surface area contributed by atoms with Gasteiger partial charge in [0.1, 0.15) is 0 Å². The second-order valence-electron chi connectivity index (χ2n) is 3.48. The van der Waals surface area contributed by atoms with Gasteiger partial charge in [-0.25, -0.2) is 9.50 Å². The predicted octanol–water partition coefficient (Wildman–Crippen LogP) is 1.04. The number of aliphatic hydroxyl groups excluding tert-OH is 1. The van der Waals surface area contributed by atoms with Crippen molar-refractivity contribution in [2.45, 2.75) is 25.9 Å². The van der Waals surface area contributed by atoms with Crippen LogP contribution in [0.2, 0.25) is 0 Å². The molecular formula is C10H13N3O. The Labute approximate surface area is 82.2 Å². The van der Waals surface area contributed by atoms with Crippen LogP contribution < -0.4 is 0 Å². The highest BCUT2D eigenvalue weighted by Gasteiger charge is 2.00. The zero-order chi connectivity index (χ0) is 9.97. The maximum atomic E-state index is 9.14. The lowest BCUT2D eigenvalue weighted by molar-refractivity contribution is 0.185. The number of aliphatic hydroxyl groups is 1. The smallest absolute Gasteiger partial charge is 0.154 e. The number of aryl methyl sites for hydroxylation is 1. The largest absolute Gasteiger partial charge is 0.393 e. The Balaban J connectivity index is 2.17. The van der Waals surface area contributed by atoms with Crippen LogP contribution in [0.1, 0.15) is 18.9 Å². The third-order valence-electron chi connectivity index (χ3n) is 2.15. The Morgan fingerprint density at radius 2 is 2.43 bits per heavy atom. The molecule has 0 amide bonds. The molecule has 4 heteroatoms. The fourth-order valence-electron chi connectivity index (χ4n) is 1.35. The topological polar surface area (TPSA) is 50.4 Å². The Morgan fingerprint density at radius 1 is 1.57 bits per heavy atom. The van der Waals surface area contributed by atoms with E-state index in [0.717, 1.165) is 24.1 Å². The van der Waals surface area contributed by atoms with Crippen molar-refractivity contribution in [3.05, 3.63) is 30.2 Å². The Morgan fingerprint density at radius 3 is 3.21 bits per heavy atom. The average molecular weight is 191 g/mol. The first kappa shape index (κ1) is 9.15. The van der Waals surface area contributed by atoms with Gasteiger partial charge in [-0.15, -0.1) is 0 Å². The van der Waals surface area contributed by atoms with Crippen LogP contribution in [0.15, 0.2) is 24.7 Å². The Kier molecular flexibility index (Phi) is 2.45. The predicted molar refractivity (Wildman–Crippen MR) is 53.0 cm³/mol. The van der Waals surface area contributed by atoms with Crippen molar-refractivity contribution in [3.8, 4) is 0 Å². The van der Waals surface area contributed by atoms with Crippen LogP contribution in [-0.4, -0.2) is 25.8 Å². The highest BCUT2D eigenvalue weighted by Crippen LogP contribution is 2.05. The molecule has 2 heterocycles. The monoisotopic (exact) mass is 191 g/mol. The molecule has 74 valence electrons. The summed E-state index contributed by atoms with van der Waals surface area (Å²) in [6, 6.07) is 1.86. The lowest BCUT2D eigenvalue weighted by Crippen LogP contribution is -2.02. The quantitative estimate of drug-likeness (QED) is 0.788. The van der Waals surface area contributed by atoms with Crippen LogP contribution in [0, 0.1) is 0 Å². The minimum atomic E-state index is -0.261. The van der Waals surface area contributed by atoms with Gasteiger partial charge in [0.2, 0.25) is 0 Å². The summed E-state index contributed by atoms with van der Waals surface area (Å²) in [7, 11) is 0.